The topological polar surface area (TPSA) is 116 Å². The maximum absolute atomic E-state index is 13.3. The molecular formula is C24H20N4O5S. The number of aromatic nitrogens is 2. The van der Waals surface area contributed by atoms with Gasteiger partial charge in [-0.05, 0) is 36.8 Å². The molecule has 10 heteroatoms. The Labute approximate surface area is 198 Å². The number of hydrogen-bond acceptors (Lipinski definition) is 7. The second kappa shape index (κ2) is 9.75. The van der Waals surface area contributed by atoms with Gasteiger partial charge in [0.2, 0.25) is 5.91 Å². The van der Waals surface area contributed by atoms with Crippen LogP contribution in [-0.2, 0) is 4.79 Å². The van der Waals surface area contributed by atoms with E-state index in [-0.39, 0.29) is 28.7 Å². The van der Waals surface area contributed by atoms with Gasteiger partial charge in [0.05, 0.1) is 46.1 Å². The van der Waals surface area contributed by atoms with Crippen molar-refractivity contribution in [3.05, 3.63) is 92.8 Å². The number of nitrogens with zero attached hydrogens (tertiary/aromatic N) is 3. The van der Waals surface area contributed by atoms with E-state index in [2.05, 4.69) is 10.3 Å². The normalized spacial score (nSPS) is 10.8. The lowest BCUT2D eigenvalue weighted by molar-refractivity contribution is -0.384. The average Bonchev–Trinajstić information content (AvgIpc) is 2.83. The number of carbonyl (C=O) groups is 1. The Morgan fingerprint density at radius 3 is 2.62 bits per heavy atom. The zero-order valence-corrected chi connectivity index (χ0v) is 19.2. The molecule has 9 nitrogen and oxygen atoms in total. The van der Waals surface area contributed by atoms with E-state index in [0.717, 1.165) is 17.3 Å². The van der Waals surface area contributed by atoms with Crippen LogP contribution in [0, 0.1) is 17.0 Å². The quantitative estimate of drug-likeness (QED) is 0.182. The summed E-state index contributed by atoms with van der Waals surface area (Å²) in [4.78, 5) is 41.1. The summed E-state index contributed by atoms with van der Waals surface area (Å²) in [5.74, 6) is -0.249. The first kappa shape index (κ1) is 23.0. The van der Waals surface area contributed by atoms with Crippen LogP contribution in [0.15, 0.2) is 76.7 Å². The molecule has 172 valence electrons. The van der Waals surface area contributed by atoms with Gasteiger partial charge in [-0.1, -0.05) is 42.1 Å². The SMILES string of the molecule is COc1cc([N+](=O)[O-])ccc1NC(=O)CSc1nc2ccccc2c(=O)n1-c1ccccc1C. The van der Waals surface area contributed by atoms with Crippen LogP contribution in [0.1, 0.15) is 5.56 Å². The first-order valence-corrected chi connectivity index (χ1v) is 11.2. The first-order chi connectivity index (χ1) is 16.4. The molecule has 4 rings (SSSR count). The maximum atomic E-state index is 13.3. The molecule has 34 heavy (non-hydrogen) atoms. The summed E-state index contributed by atoms with van der Waals surface area (Å²) in [5.41, 5.74) is 2.06. The second-order valence-corrected chi connectivity index (χ2v) is 8.26. The van der Waals surface area contributed by atoms with Crippen molar-refractivity contribution in [1.29, 1.82) is 0 Å². The number of nitro groups is 1. The molecule has 0 radical (unpaired) electrons. The fraction of sp³-hybridized carbons (Fsp3) is 0.125. The van der Waals surface area contributed by atoms with E-state index in [1.165, 1.54) is 29.9 Å². The van der Waals surface area contributed by atoms with Crippen molar-refractivity contribution in [3.8, 4) is 11.4 Å². The van der Waals surface area contributed by atoms with E-state index in [1.807, 2.05) is 31.2 Å². The van der Waals surface area contributed by atoms with Gasteiger partial charge >= 0.3 is 0 Å². The van der Waals surface area contributed by atoms with Crippen molar-refractivity contribution in [3.63, 3.8) is 0 Å². The van der Waals surface area contributed by atoms with Gasteiger partial charge in [0, 0.05) is 6.07 Å². The third kappa shape index (κ3) is 4.62. The second-order valence-electron chi connectivity index (χ2n) is 7.32. The molecular weight excluding hydrogens is 456 g/mol. The van der Waals surface area contributed by atoms with Crippen molar-refractivity contribution in [2.24, 2.45) is 0 Å². The summed E-state index contributed by atoms with van der Waals surface area (Å²) in [6, 6.07) is 18.5. The number of nitro benzene ring substituents is 1. The summed E-state index contributed by atoms with van der Waals surface area (Å²) in [6.45, 7) is 1.90. The van der Waals surface area contributed by atoms with Gasteiger partial charge in [-0.15, -0.1) is 0 Å². The number of amides is 1. The van der Waals surface area contributed by atoms with E-state index in [1.54, 1.807) is 24.3 Å². The summed E-state index contributed by atoms with van der Waals surface area (Å²) in [5, 5.41) is 14.5. The number of thioether (sulfide) groups is 1. The Morgan fingerprint density at radius 1 is 1.15 bits per heavy atom. The van der Waals surface area contributed by atoms with Crippen molar-refractivity contribution in [1.82, 2.24) is 9.55 Å². The fourth-order valence-electron chi connectivity index (χ4n) is 3.45. The number of benzene rings is 3. The molecule has 0 fully saturated rings. The molecule has 0 aliphatic carbocycles. The maximum Gasteiger partial charge on any atom is 0.273 e. The number of fused-ring (bicyclic) bond motifs is 1. The molecule has 0 unspecified atom stereocenters. The number of carbonyl (C=O) groups excluding carboxylic acids is 1. The minimum atomic E-state index is -0.541. The number of nitrogens with one attached hydrogen (secondary N) is 1. The molecule has 0 spiro atoms. The fourth-order valence-corrected chi connectivity index (χ4v) is 4.25. The average molecular weight is 477 g/mol. The van der Waals surface area contributed by atoms with Crippen LogP contribution in [0.2, 0.25) is 0 Å². The van der Waals surface area contributed by atoms with Crippen LogP contribution in [0.3, 0.4) is 0 Å². The number of ether oxygens (including phenoxy) is 1. The number of para-hydroxylation sites is 2. The zero-order chi connectivity index (χ0) is 24.2. The van der Waals surface area contributed by atoms with E-state index in [9.17, 15) is 19.7 Å². The highest BCUT2D eigenvalue weighted by Gasteiger charge is 2.17. The highest BCUT2D eigenvalue weighted by atomic mass is 32.2. The molecule has 3 aromatic carbocycles. The largest absolute Gasteiger partial charge is 0.494 e. The van der Waals surface area contributed by atoms with Crippen molar-refractivity contribution in [2.75, 3.05) is 18.2 Å². The van der Waals surface area contributed by atoms with E-state index in [0.29, 0.717) is 27.4 Å². The lowest BCUT2D eigenvalue weighted by Gasteiger charge is -2.15. The monoisotopic (exact) mass is 476 g/mol. The van der Waals surface area contributed by atoms with Crippen LogP contribution >= 0.6 is 11.8 Å². The third-order valence-corrected chi connectivity index (χ3v) is 6.04. The van der Waals surface area contributed by atoms with E-state index in [4.69, 9.17) is 4.74 Å². The molecule has 1 aromatic heterocycles. The number of methoxy groups -OCH3 is 1. The Morgan fingerprint density at radius 2 is 1.88 bits per heavy atom. The molecule has 0 atom stereocenters. The third-order valence-electron chi connectivity index (χ3n) is 5.10. The highest BCUT2D eigenvalue weighted by molar-refractivity contribution is 7.99. The molecule has 0 saturated heterocycles. The standard InChI is InChI=1S/C24H20N4O5S/c1-15-7-3-6-10-20(15)27-23(30)17-8-4-5-9-18(17)26-24(27)34-14-22(29)25-19-12-11-16(28(31)32)13-21(19)33-2/h3-13H,14H2,1-2H3,(H,25,29). The van der Waals surface area contributed by atoms with Crippen molar-refractivity contribution < 1.29 is 14.5 Å². The van der Waals surface area contributed by atoms with Gasteiger partial charge in [-0.3, -0.25) is 24.3 Å². The van der Waals surface area contributed by atoms with Crippen molar-refractivity contribution >= 4 is 39.9 Å². The Kier molecular flexibility index (Phi) is 6.60. The molecule has 0 saturated carbocycles. The Balaban J connectivity index is 1.64. The molecule has 1 amide bonds. The van der Waals surface area contributed by atoms with Crippen LogP contribution in [0.5, 0.6) is 5.75 Å². The predicted octanol–water partition coefficient (Wildman–Crippen LogP) is 4.34. The van der Waals surface area contributed by atoms with Crippen LogP contribution < -0.4 is 15.6 Å². The van der Waals surface area contributed by atoms with Gasteiger partial charge in [-0.2, -0.15) is 0 Å². The number of non-ortho nitro benzene ring substituents is 1. The minimum absolute atomic E-state index is 0.0448. The van der Waals surface area contributed by atoms with Gasteiger partial charge in [0.15, 0.2) is 5.16 Å². The number of aryl methyl sites for hydroxylation is 1. The van der Waals surface area contributed by atoms with Gasteiger partial charge < -0.3 is 10.1 Å². The number of anilines is 1. The lowest BCUT2D eigenvalue weighted by atomic mass is 10.2. The molecule has 0 bridgehead atoms. The summed E-state index contributed by atoms with van der Waals surface area (Å²) in [7, 11) is 1.36. The molecule has 4 aromatic rings. The molecule has 1 N–H and O–H groups in total. The number of hydrogen-bond donors (Lipinski definition) is 1. The summed E-state index contributed by atoms with van der Waals surface area (Å²) < 4.78 is 6.69. The molecule has 0 aliphatic rings. The van der Waals surface area contributed by atoms with Crippen LogP contribution in [-0.4, -0.2) is 33.2 Å². The lowest BCUT2D eigenvalue weighted by Crippen LogP contribution is -2.23. The first-order valence-electron chi connectivity index (χ1n) is 10.2. The Hall–Kier alpha value is -4.18. The van der Waals surface area contributed by atoms with Gasteiger partial charge in [-0.25, -0.2) is 4.98 Å². The van der Waals surface area contributed by atoms with E-state index < -0.39 is 4.92 Å². The van der Waals surface area contributed by atoms with Crippen LogP contribution in [0.25, 0.3) is 16.6 Å². The van der Waals surface area contributed by atoms with Crippen molar-refractivity contribution in [2.45, 2.75) is 12.1 Å². The van der Waals surface area contributed by atoms with Gasteiger partial charge in [0.1, 0.15) is 5.75 Å². The van der Waals surface area contributed by atoms with Crippen LogP contribution in [0.4, 0.5) is 11.4 Å². The smallest absolute Gasteiger partial charge is 0.273 e. The Bertz CT molecular complexity index is 1470. The van der Waals surface area contributed by atoms with Gasteiger partial charge in [0.25, 0.3) is 11.2 Å². The highest BCUT2D eigenvalue weighted by Crippen LogP contribution is 2.29. The van der Waals surface area contributed by atoms with E-state index >= 15 is 0 Å². The minimum Gasteiger partial charge on any atom is -0.494 e. The summed E-state index contributed by atoms with van der Waals surface area (Å²) >= 11 is 1.12. The summed E-state index contributed by atoms with van der Waals surface area (Å²) in [6.07, 6.45) is 0. The predicted molar refractivity (Wildman–Crippen MR) is 131 cm³/mol. The zero-order valence-electron chi connectivity index (χ0n) is 18.3. The molecule has 1 heterocycles. The number of rotatable bonds is 7. The molecule has 0 aliphatic heterocycles.